The van der Waals surface area contributed by atoms with E-state index in [1.165, 1.54) is 26.9 Å². The normalized spacial score (nSPS) is 11.0. The zero-order valence-electron chi connectivity index (χ0n) is 15.8. The molecule has 0 atom stereocenters. The molecule has 0 aliphatic rings. The lowest BCUT2D eigenvalue weighted by Gasteiger charge is -2.10. The molecule has 2 N–H and O–H groups in total. The standard InChI is InChI=1S/C19H18N6O3S/c1-27-13-6-7-14(15(10-13)28-2)18-22-23-19(25(18)20)29-11-12-9-17(26)24-8-4-3-5-16(24)21-12/h3-10H,11,20H2,1-2H3. The largest absolute Gasteiger partial charge is 0.497 e. The summed E-state index contributed by atoms with van der Waals surface area (Å²) in [6.07, 6.45) is 1.69. The van der Waals surface area contributed by atoms with Crippen LogP contribution in [0.2, 0.25) is 0 Å². The summed E-state index contributed by atoms with van der Waals surface area (Å²) >= 11 is 1.34. The molecule has 9 nitrogen and oxygen atoms in total. The van der Waals surface area contributed by atoms with Gasteiger partial charge in [0.25, 0.3) is 5.56 Å². The van der Waals surface area contributed by atoms with Gasteiger partial charge in [0, 0.05) is 24.1 Å². The number of benzene rings is 1. The summed E-state index contributed by atoms with van der Waals surface area (Å²) in [5.41, 5.74) is 1.78. The summed E-state index contributed by atoms with van der Waals surface area (Å²) in [4.78, 5) is 16.7. The van der Waals surface area contributed by atoms with E-state index in [0.717, 1.165) is 0 Å². The van der Waals surface area contributed by atoms with Crippen molar-refractivity contribution >= 4 is 17.4 Å². The van der Waals surface area contributed by atoms with Crippen LogP contribution in [-0.2, 0) is 5.75 Å². The SMILES string of the molecule is COc1ccc(-c2nnc(SCc3cc(=O)n4ccccc4n3)n2N)c(OC)c1. The number of methoxy groups -OCH3 is 2. The second kappa shape index (κ2) is 7.84. The predicted octanol–water partition coefficient (Wildman–Crippen LogP) is 1.98. The van der Waals surface area contributed by atoms with Crippen molar-refractivity contribution in [2.45, 2.75) is 10.9 Å². The van der Waals surface area contributed by atoms with Gasteiger partial charge in [0.1, 0.15) is 17.1 Å². The monoisotopic (exact) mass is 410 g/mol. The van der Waals surface area contributed by atoms with Gasteiger partial charge in [-0.15, -0.1) is 10.2 Å². The molecule has 4 rings (SSSR count). The lowest BCUT2D eigenvalue weighted by atomic mass is 10.2. The number of hydrogen-bond acceptors (Lipinski definition) is 8. The van der Waals surface area contributed by atoms with Gasteiger partial charge in [0.05, 0.1) is 25.5 Å². The Balaban J connectivity index is 1.59. The number of hydrogen-bond donors (Lipinski definition) is 1. The van der Waals surface area contributed by atoms with Gasteiger partial charge in [-0.1, -0.05) is 17.8 Å². The van der Waals surface area contributed by atoms with Gasteiger partial charge in [-0.05, 0) is 24.3 Å². The van der Waals surface area contributed by atoms with Crippen LogP contribution < -0.4 is 20.9 Å². The number of nitrogens with zero attached hydrogens (tertiary/aromatic N) is 5. The van der Waals surface area contributed by atoms with Crippen LogP contribution in [0.15, 0.2) is 58.6 Å². The van der Waals surface area contributed by atoms with Crippen molar-refractivity contribution in [3.05, 3.63) is 64.7 Å². The number of rotatable bonds is 6. The van der Waals surface area contributed by atoms with Gasteiger partial charge in [-0.3, -0.25) is 9.20 Å². The highest BCUT2D eigenvalue weighted by Gasteiger charge is 2.17. The van der Waals surface area contributed by atoms with E-state index >= 15 is 0 Å². The van der Waals surface area contributed by atoms with Crippen molar-refractivity contribution in [1.82, 2.24) is 24.3 Å². The molecule has 0 radical (unpaired) electrons. The first-order chi connectivity index (χ1) is 14.1. The molecule has 29 heavy (non-hydrogen) atoms. The van der Waals surface area contributed by atoms with Crippen LogP contribution in [-0.4, -0.2) is 38.5 Å². The molecular formula is C19H18N6O3S. The van der Waals surface area contributed by atoms with Gasteiger partial charge in [0.2, 0.25) is 5.16 Å². The Hall–Kier alpha value is -3.53. The molecule has 3 heterocycles. The molecule has 0 bridgehead atoms. The highest BCUT2D eigenvalue weighted by Crippen LogP contribution is 2.33. The third kappa shape index (κ3) is 3.61. The molecule has 4 aromatic rings. The number of ether oxygens (including phenoxy) is 2. The Labute approximate surface area is 170 Å². The third-order valence-corrected chi connectivity index (χ3v) is 5.26. The summed E-state index contributed by atoms with van der Waals surface area (Å²) in [6, 6.07) is 12.3. The number of thioether (sulfide) groups is 1. The topological polar surface area (TPSA) is 110 Å². The molecule has 0 unspecified atom stereocenters. The van der Waals surface area contributed by atoms with Crippen molar-refractivity contribution < 1.29 is 9.47 Å². The fraction of sp³-hybridized carbons (Fsp3) is 0.158. The quantitative estimate of drug-likeness (QED) is 0.380. The summed E-state index contributed by atoms with van der Waals surface area (Å²) in [5, 5.41) is 8.85. The molecular weight excluding hydrogens is 392 g/mol. The highest BCUT2D eigenvalue weighted by molar-refractivity contribution is 7.98. The van der Waals surface area contributed by atoms with E-state index in [0.29, 0.717) is 45.1 Å². The smallest absolute Gasteiger partial charge is 0.258 e. The Morgan fingerprint density at radius 1 is 1.10 bits per heavy atom. The van der Waals surface area contributed by atoms with Crippen LogP contribution in [0.5, 0.6) is 11.5 Å². The van der Waals surface area contributed by atoms with E-state index in [4.69, 9.17) is 15.3 Å². The average Bonchev–Trinajstić information content (AvgIpc) is 3.12. The summed E-state index contributed by atoms with van der Waals surface area (Å²) < 4.78 is 13.5. The fourth-order valence-electron chi connectivity index (χ4n) is 2.86. The maximum Gasteiger partial charge on any atom is 0.258 e. The molecule has 1 aromatic carbocycles. The minimum atomic E-state index is -0.135. The number of fused-ring (bicyclic) bond motifs is 1. The molecule has 0 spiro atoms. The Morgan fingerprint density at radius 2 is 1.97 bits per heavy atom. The van der Waals surface area contributed by atoms with Gasteiger partial charge >= 0.3 is 0 Å². The van der Waals surface area contributed by atoms with Gasteiger partial charge in [-0.2, -0.15) is 0 Å². The molecule has 10 heteroatoms. The highest BCUT2D eigenvalue weighted by atomic mass is 32.2. The van der Waals surface area contributed by atoms with Crippen LogP contribution in [0.1, 0.15) is 5.69 Å². The first-order valence-corrected chi connectivity index (χ1v) is 9.62. The second-order valence-electron chi connectivity index (χ2n) is 6.05. The van der Waals surface area contributed by atoms with E-state index < -0.39 is 0 Å². The second-order valence-corrected chi connectivity index (χ2v) is 6.99. The van der Waals surface area contributed by atoms with E-state index in [1.807, 2.05) is 12.1 Å². The van der Waals surface area contributed by atoms with Gasteiger partial charge in [0.15, 0.2) is 5.82 Å². The van der Waals surface area contributed by atoms with Crippen LogP contribution in [0.25, 0.3) is 17.0 Å². The lowest BCUT2D eigenvalue weighted by Crippen LogP contribution is -2.15. The zero-order chi connectivity index (χ0) is 20.4. The maximum atomic E-state index is 12.2. The summed E-state index contributed by atoms with van der Waals surface area (Å²) in [6.45, 7) is 0. The molecule has 3 aromatic heterocycles. The van der Waals surface area contributed by atoms with E-state index in [9.17, 15) is 4.79 Å². The molecule has 148 valence electrons. The predicted molar refractivity (Wildman–Crippen MR) is 110 cm³/mol. The van der Waals surface area contributed by atoms with Crippen molar-refractivity contribution in [3.8, 4) is 22.9 Å². The van der Waals surface area contributed by atoms with E-state index in [1.54, 1.807) is 44.7 Å². The minimum absolute atomic E-state index is 0.135. The summed E-state index contributed by atoms with van der Waals surface area (Å²) in [5.74, 6) is 8.33. The maximum absolute atomic E-state index is 12.2. The molecule has 0 saturated carbocycles. The Bertz CT molecular complexity index is 1240. The first kappa shape index (κ1) is 18.8. The lowest BCUT2D eigenvalue weighted by molar-refractivity contribution is 0.395. The first-order valence-electron chi connectivity index (χ1n) is 8.63. The fourth-order valence-corrected chi connectivity index (χ4v) is 3.61. The average molecular weight is 410 g/mol. The number of nitrogens with two attached hydrogens (primary N) is 1. The third-order valence-electron chi connectivity index (χ3n) is 4.29. The Kier molecular flexibility index (Phi) is 5.09. The van der Waals surface area contributed by atoms with Crippen LogP contribution >= 0.6 is 11.8 Å². The minimum Gasteiger partial charge on any atom is -0.497 e. The van der Waals surface area contributed by atoms with Crippen LogP contribution in [0.4, 0.5) is 0 Å². The molecule has 0 aliphatic heterocycles. The van der Waals surface area contributed by atoms with E-state index in [-0.39, 0.29) is 5.56 Å². The number of pyridine rings is 1. The molecule has 0 saturated heterocycles. The van der Waals surface area contributed by atoms with Crippen LogP contribution in [0.3, 0.4) is 0 Å². The molecule has 0 fully saturated rings. The van der Waals surface area contributed by atoms with Crippen LogP contribution in [0, 0.1) is 0 Å². The summed E-state index contributed by atoms with van der Waals surface area (Å²) in [7, 11) is 3.15. The van der Waals surface area contributed by atoms with Crippen molar-refractivity contribution in [2.75, 3.05) is 20.1 Å². The van der Waals surface area contributed by atoms with Crippen molar-refractivity contribution in [3.63, 3.8) is 0 Å². The number of aromatic nitrogens is 5. The Morgan fingerprint density at radius 3 is 2.76 bits per heavy atom. The van der Waals surface area contributed by atoms with Crippen molar-refractivity contribution in [1.29, 1.82) is 0 Å². The van der Waals surface area contributed by atoms with Crippen molar-refractivity contribution in [2.24, 2.45) is 0 Å². The molecule has 0 aliphatic carbocycles. The van der Waals surface area contributed by atoms with Gasteiger partial charge in [-0.25, -0.2) is 9.66 Å². The number of nitrogen functional groups attached to an aromatic ring is 1. The zero-order valence-corrected chi connectivity index (χ0v) is 16.6. The van der Waals surface area contributed by atoms with Gasteiger partial charge < -0.3 is 15.3 Å². The van der Waals surface area contributed by atoms with E-state index in [2.05, 4.69) is 15.2 Å². The molecule has 0 amide bonds.